The fourth-order valence-electron chi connectivity index (χ4n) is 0. The molecule has 7 heavy (non-hydrogen) atoms. The van der Waals surface area contributed by atoms with Crippen LogP contribution in [0.2, 0.25) is 0 Å². The van der Waals surface area contributed by atoms with Gasteiger partial charge in [-0.3, -0.25) is 0 Å². The third kappa shape index (κ3) is 3.06. The molecule has 0 amide bonds. The molecule has 0 nitrogen and oxygen atoms in total. The van der Waals surface area contributed by atoms with E-state index in [1.54, 1.807) is 0 Å². The summed E-state index contributed by atoms with van der Waals surface area (Å²) >= 11 is 9.77. The van der Waals surface area contributed by atoms with E-state index in [4.69, 9.17) is 23.2 Å². The third-order valence-electron chi connectivity index (χ3n) is 0.383. The molecule has 0 fully saturated rings. The van der Waals surface area contributed by atoms with Crippen LogP contribution < -0.4 is 0 Å². The number of alkyl halides is 4. The van der Waals surface area contributed by atoms with Gasteiger partial charge < -0.3 is 0 Å². The van der Waals surface area contributed by atoms with E-state index in [9.17, 15) is 8.78 Å². The maximum Gasteiger partial charge on any atom is 0.270 e. The van der Waals surface area contributed by atoms with Crippen molar-refractivity contribution in [1.29, 1.82) is 0 Å². The predicted octanol–water partition coefficient (Wildman–Crippen LogP) is 2.45. The lowest BCUT2D eigenvalue weighted by molar-refractivity contribution is 0.134. The summed E-state index contributed by atoms with van der Waals surface area (Å²) in [5.41, 5.74) is 0. The minimum Gasteiger partial charge on any atom is -0.207 e. The van der Waals surface area contributed by atoms with E-state index in [1.165, 1.54) is 0 Å². The molecule has 0 unspecified atom stereocenters. The SMILES string of the molecule is CC(Cl)(Cl)C(F)F. The van der Waals surface area contributed by atoms with Crippen molar-refractivity contribution in [2.75, 3.05) is 0 Å². The molecule has 0 N–H and O–H groups in total. The smallest absolute Gasteiger partial charge is 0.207 e. The minimum absolute atomic E-state index is 1.04. The molecule has 0 heterocycles. The van der Waals surface area contributed by atoms with Crippen molar-refractivity contribution in [3.8, 4) is 0 Å². The van der Waals surface area contributed by atoms with Crippen molar-refractivity contribution in [3.05, 3.63) is 0 Å². The molecule has 0 aliphatic carbocycles. The molecule has 0 saturated carbocycles. The van der Waals surface area contributed by atoms with Crippen LogP contribution in [0.15, 0.2) is 0 Å². The minimum atomic E-state index is -2.67. The molecule has 0 aromatic carbocycles. The molecular weight excluding hydrogens is 145 g/mol. The van der Waals surface area contributed by atoms with Gasteiger partial charge in [-0.1, -0.05) is 23.2 Å². The molecule has 0 spiro atoms. The Morgan fingerprint density at radius 3 is 1.57 bits per heavy atom. The Bertz CT molecular complexity index is 56.4. The van der Waals surface area contributed by atoms with Gasteiger partial charge in [-0.05, 0) is 6.92 Å². The van der Waals surface area contributed by atoms with Crippen LogP contribution in [0.3, 0.4) is 0 Å². The second-order valence-electron chi connectivity index (χ2n) is 1.26. The van der Waals surface area contributed by atoms with Crippen LogP contribution >= 0.6 is 23.2 Å². The molecule has 0 rings (SSSR count). The lowest BCUT2D eigenvalue weighted by atomic mass is 10.5. The van der Waals surface area contributed by atoms with Crippen molar-refractivity contribution in [2.45, 2.75) is 17.7 Å². The fraction of sp³-hybridized carbons (Fsp3) is 1.00. The average molecular weight is 149 g/mol. The van der Waals surface area contributed by atoms with Crippen molar-refractivity contribution in [2.24, 2.45) is 0 Å². The van der Waals surface area contributed by atoms with Gasteiger partial charge in [-0.15, -0.1) is 0 Å². The van der Waals surface area contributed by atoms with Gasteiger partial charge in [0.05, 0.1) is 0 Å². The lowest BCUT2D eigenvalue weighted by Gasteiger charge is -2.09. The van der Waals surface area contributed by atoms with Crippen LogP contribution in [0, 0.1) is 0 Å². The molecule has 0 atom stereocenters. The van der Waals surface area contributed by atoms with E-state index in [0.29, 0.717) is 0 Å². The summed E-state index contributed by atoms with van der Waals surface area (Å²) in [7, 11) is 0. The van der Waals surface area contributed by atoms with Crippen LogP contribution in [0.1, 0.15) is 6.92 Å². The van der Waals surface area contributed by atoms with Gasteiger partial charge in [0.15, 0.2) is 4.33 Å². The lowest BCUT2D eigenvalue weighted by Crippen LogP contribution is -2.17. The topological polar surface area (TPSA) is 0 Å². The van der Waals surface area contributed by atoms with Crippen LogP contribution in [0.4, 0.5) is 8.78 Å². The molecular formula is C3H4Cl2F2. The van der Waals surface area contributed by atoms with Crippen molar-refractivity contribution < 1.29 is 8.78 Å². The second-order valence-corrected chi connectivity index (χ2v) is 3.02. The van der Waals surface area contributed by atoms with Crippen LogP contribution in [0.5, 0.6) is 0 Å². The standard InChI is InChI=1S/C3H4Cl2F2/c1-3(4,5)2(6)7/h2H,1H3. The summed E-state index contributed by atoms with van der Waals surface area (Å²) < 4.78 is 20.7. The van der Waals surface area contributed by atoms with Gasteiger partial charge >= 0.3 is 0 Å². The zero-order valence-electron chi connectivity index (χ0n) is 3.59. The summed E-state index contributed by atoms with van der Waals surface area (Å²) in [6, 6.07) is 0. The number of halogens is 4. The first-order valence-electron chi connectivity index (χ1n) is 1.60. The second kappa shape index (κ2) is 2.14. The monoisotopic (exact) mass is 148 g/mol. The number of hydrogen-bond donors (Lipinski definition) is 0. The Labute approximate surface area is 50.4 Å². The van der Waals surface area contributed by atoms with Crippen molar-refractivity contribution in [1.82, 2.24) is 0 Å². The summed E-state index contributed by atoms with van der Waals surface area (Å²) in [5.74, 6) is 0. The Balaban J connectivity index is 3.54. The first kappa shape index (κ1) is 7.44. The fourth-order valence-corrected chi connectivity index (χ4v) is 0. The molecule has 4 heteroatoms. The van der Waals surface area contributed by atoms with Gasteiger partial charge in [-0.25, -0.2) is 8.78 Å². The molecule has 0 saturated heterocycles. The van der Waals surface area contributed by atoms with Gasteiger partial charge in [0, 0.05) is 0 Å². The molecule has 0 aromatic rings. The highest BCUT2D eigenvalue weighted by Gasteiger charge is 2.28. The summed E-state index contributed by atoms with van der Waals surface area (Å²) in [6.07, 6.45) is -2.67. The Morgan fingerprint density at radius 1 is 1.43 bits per heavy atom. The first-order chi connectivity index (χ1) is 2.94. The highest BCUT2D eigenvalue weighted by molar-refractivity contribution is 6.48. The Hall–Kier alpha value is 0.440. The molecule has 0 aliphatic rings. The molecule has 44 valence electrons. The normalized spacial score (nSPS) is 12.9. The highest BCUT2D eigenvalue weighted by atomic mass is 35.5. The van der Waals surface area contributed by atoms with Crippen LogP contribution in [0.25, 0.3) is 0 Å². The van der Waals surface area contributed by atoms with Gasteiger partial charge in [-0.2, -0.15) is 0 Å². The largest absolute Gasteiger partial charge is 0.270 e. The first-order valence-corrected chi connectivity index (χ1v) is 2.36. The summed E-state index contributed by atoms with van der Waals surface area (Å²) in [4.78, 5) is 0. The van der Waals surface area contributed by atoms with Gasteiger partial charge in [0.1, 0.15) is 0 Å². The van der Waals surface area contributed by atoms with Crippen LogP contribution in [-0.4, -0.2) is 10.8 Å². The Kier molecular flexibility index (Phi) is 2.27. The van der Waals surface area contributed by atoms with E-state index in [1.807, 2.05) is 0 Å². The van der Waals surface area contributed by atoms with Crippen LogP contribution in [-0.2, 0) is 0 Å². The molecule has 0 bridgehead atoms. The zero-order chi connectivity index (χ0) is 6.08. The molecule has 0 radical (unpaired) electrons. The summed E-state index contributed by atoms with van der Waals surface area (Å²) in [6.45, 7) is 1.04. The maximum atomic E-state index is 11.3. The predicted molar refractivity (Wildman–Crippen MR) is 26.1 cm³/mol. The van der Waals surface area contributed by atoms with Gasteiger partial charge in [0.25, 0.3) is 6.43 Å². The number of rotatable bonds is 1. The average Bonchev–Trinajstić information content (AvgIpc) is 1.31. The van der Waals surface area contributed by atoms with E-state index in [0.717, 1.165) is 6.92 Å². The zero-order valence-corrected chi connectivity index (χ0v) is 5.10. The van der Waals surface area contributed by atoms with Crippen molar-refractivity contribution in [3.63, 3.8) is 0 Å². The van der Waals surface area contributed by atoms with Crippen molar-refractivity contribution >= 4 is 23.2 Å². The van der Waals surface area contributed by atoms with E-state index >= 15 is 0 Å². The van der Waals surface area contributed by atoms with E-state index in [2.05, 4.69) is 0 Å². The van der Waals surface area contributed by atoms with E-state index < -0.39 is 10.8 Å². The number of hydrogen-bond acceptors (Lipinski definition) is 0. The van der Waals surface area contributed by atoms with Gasteiger partial charge in [0.2, 0.25) is 0 Å². The molecule has 0 aromatic heterocycles. The third-order valence-corrected chi connectivity index (χ3v) is 0.713. The maximum absolute atomic E-state index is 11.3. The highest BCUT2D eigenvalue weighted by Crippen LogP contribution is 2.27. The quantitative estimate of drug-likeness (QED) is 0.502. The molecule has 0 aliphatic heterocycles. The van der Waals surface area contributed by atoms with E-state index in [-0.39, 0.29) is 0 Å². The Morgan fingerprint density at radius 2 is 1.57 bits per heavy atom. The summed E-state index contributed by atoms with van der Waals surface area (Å²) in [5, 5.41) is 0.